The molecule has 0 saturated carbocycles. The Kier molecular flexibility index (Phi) is 40.7. The summed E-state index contributed by atoms with van der Waals surface area (Å²) in [4.78, 5) is 58.4. The lowest BCUT2D eigenvalue weighted by Gasteiger charge is -2.09. The van der Waals surface area contributed by atoms with Gasteiger partial charge in [-0.05, 0) is 6.92 Å². The molecule has 0 aromatic carbocycles. The molecule has 0 radical (unpaired) electrons. The van der Waals surface area contributed by atoms with Crippen molar-refractivity contribution in [3.8, 4) is 0 Å². The number of amides is 5. The average molecular weight is 942 g/mol. The van der Waals surface area contributed by atoms with Crippen LogP contribution in [0.3, 0.4) is 0 Å². The lowest BCUT2D eigenvalue weighted by molar-refractivity contribution is -0.128. The summed E-state index contributed by atoms with van der Waals surface area (Å²) >= 11 is 0. The molecule has 0 aliphatic carbocycles. The number of alkyl carbamates (subject to hydrolysis) is 1. The van der Waals surface area contributed by atoms with Gasteiger partial charge in [0.1, 0.15) is 12.3 Å². The fraction of sp³-hybridized carbons (Fsp3) is 0.816. The molecular weight excluding hydrogens is 870 g/mol. The molecule has 0 aliphatic rings. The average Bonchev–Trinajstić information content (AvgIpc) is 3.76. The van der Waals surface area contributed by atoms with Crippen molar-refractivity contribution in [1.82, 2.24) is 47.1 Å². The van der Waals surface area contributed by atoms with Crippen LogP contribution in [0.1, 0.15) is 12.6 Å². The summed E-state index contributed by atoms with van der Waals surface area (Å²) in [5.74, 6) is -2.42. The van der Waals surface area contributed by atoms with Gasteiger partial charge >= 0.3 is 6.09 Å². The molecular formula is C38H71N9O18. The summed E-state index contributed by atoms with van der Waals surface area (Å²) in [6, 6.07) is 0. The number of carbonyl (C=O) groups is 5. The largest absolute Gasteiger partial charge is 0.443 e. The molecule has 0 bridgehead atoms. The number of rotatable bonds is 47. The van der Waals surface area contributed by atoms with E-state index in [1.807, 2.05) is 6.92 Å². The number of ether oxygens (including phenoxy) is 12. The van der Waals surface area contributed by atoms with Gasteiger partial charge in [0.15, 0.2) is 0 Å². The smallest absolute Gasteiger partial charge is 0.407 e. The first-order chi connectivity index (χ1) is 31.8. The van der Waals surface area contributed by atoms with Crippen LogP contribution in [0.5, 0.6) is 0 Å². The van der Waals surface area contributed by atoms with Gasteiger partial charge in [-0.2, -0.15) is 5.48 Å². The molecule has 376 valence electrons. The second kappa shape index (κ2) is 44.9. The molecule has 5 amide bonds. The lowest BCUT2D eigenvalue weighted by Crippen LogP contribution is -2.45. The van der Waals surface area contributed by atoms with Crippen molar-refractivity contribution >= 4 is 29.7 Å². The third kappa shape index (κ3) is 41.0. The van der Waals surface area contributed by atoms with E-state index in [0.717, 1.165) is 0 Å². The van der Waals surface area contributed by atoms with Gasteiger partial charge in [-0.1, -0.05) is 5.21 Å². The standard InChI is InChI=1S/C38H71N9O18/c1-2-54-7-8-56-11-12-58-15-16-60-19-20-62-23-24-64-26-25-63-22-21-61-18-17-59-14-13-57-10-9-55-6-5-47-31-33(45-46-47)32-65-38(52)40-4-3-39-34(48)27-41-35(49)28-42-36(50)29-43-37(51)30-44-53/h31,44,53H,2-30,32H2,1H3,(H,39,48)(H,40,52)(H,41,49)(H,42,50)(H,43,51). The van der Waals surface area contributed by atoms with E-state index in [1.165, 1.54) is 0 Å². The summed E-state index contributed by atoms with van der Waals surface area (Å²) in [6.45, 7) is 11.5. The van der Waals surface area contributed by atoms with Crippen LogP contribution in [-0.2, 0) is 89.2 Å². The first-order valence-corrected chi connectivity index (χ1v) is 21.4. The quantitative estimate of drug-likeness (QED) is 0.0243. The van der Waals surface area contributed by atoms with Gasteiger partial charge in [-0.25, -0.2) is 9.48 Å². The normalized spacial score (nSPS) is 11.0. The predicted octanol–water partition coefficient (Wildman–Crippen LogP) is -3.85. The summed E-state index contributed by atoms with van der Waals surface area (Å²) in [6.07, 6.45) is 0.890. The van der Waals surface area contributed by atoms with Crippen molar-refractivity contribution < 1.29 is 86.0 Å². The Balaban J connectivity index is 1.81. The van der Waals surface area contributed by atoms with Crippen LogP contribution >= 0.6 is 0 Å². The van der Waals surface area contributed by atoms with Crippen molar-refractivity contribution in [3.05, 3.63) is 11.9 Å². The van der Waals surface area contributed by atoms with Gasteiger partial charge in [0.2, 0.25) is 23.6 Å². The Bertz CT molecular complexity index is 1340. The van der Waals surface area contributed by atoms with Crippen LogP contribution in [0.15, 0.2) is 6.20 Å². The second-order valence-corrected chi connectivity index (χ2v) is 12.8. The number of nitrogens with zero attached hydrogens (tertiary/aromatic N) is 3. The third-order valence-corrected chi connectivity index (χ3v) is 7.62. The van der Waals surface area contributed by atoms with Crippen molar-refractivity contribution in [2.45, 2.75) is 20.1 Å². The Labute approximate surface area is 379 Å². The summed E-state index contributed by atoms with van der Waals surface area (Å²) < 4.78 is 66.5. The second-order valence-electron chi connectivity index (χ2n) is 12.8. The molecule has 65 heavy (non-hydrogen) atoms. The van der Waals surface area contributed by atoms with Gasteiger partial charge in [0.05, 0.1) is 178 Å². The number of hydroxylamine groups is 1. The third-order valence-electron chi connectivity index (χ3n) is 7.62. The van der Waals surface area contributed by atoms with E-state index in [4.69, 9.17) is 62.0 Å². The minimum atomic E-state index is -0.730. The highest BCUT2D eigenvalue weighted by Crippen LogP contribution is 1.97. The van der Waals surface area contributed by atoms with E-state index < -0.39 is 42.8 Å². The Hall–Kier alpha value is -4.23. The number of nitrogens with one attached hydrogen (secondary N) is 6. The summed E-state index contributed by atoms with van der Waals surface area (Å²) in [7, 11) is 0. The molecule has 0 aliphatic heterocycles. The fourth-order valence-corrected chi connectivity index (χ4v) is 4.43. The molecule has 1 aromatic rings. The SMILES string of the molecule is CCOCCOCCOCCOCCOCCOCCOCCOCCOCCOCCOCCn1cc(COC(=O)NCCNC(=O)CNC(=O)CNC(=O)CNC(=O)CNO)nn1. The number of hydrogen-bond acceptors (Lipinski definition) is 21. The van der Waals surface area contributed by atoms with Gasteiger partial charge in [0.25, 0.3) is 0 Å². The van der Waals surface area contributed by atoms with Gasteiger partial charge in [0, 0.05) is 19.7 Å². The number of hydrogen-bond donors (Lipinski definition) is 7. The van der Waals surface area contributed by atoms with E-state index in [1.54, 1.807) is 16.4 Å². The van der Waals surface area contributed by atoms with Gasteiger partial charge < -0.3 is 88.6 Å². The minimum absolute atomic E-state index is 0.0557. The minimum Gasteiger partial charge on any atom is -0.443 e. The summed E-state index contributed by atoms with van der Waals surface area (Å²) in [5, 5.41) is 28.1. The highest BCUT2D eigenvalue weighted by Gasteiger charge is 2.10. The summed E-state index contributed by atoms with van der Waals surface area (Å²) in [5.41, 5.74) is 2.06. The molecule has 1 aromatic heterocycles. The van der Waals surface area contributed by atoms with Crippen molar-refractivity contribution in [1.29, 1.82) is 0 Å². The van der Waals surface area contributed by atoms with Gasteiger partial charge in [-0.15, -0.1) is 5.10 Å². The maximum absolute atomic E-state index is 12.0. The first-order valence-electron chi connectivity index (χ1n) is 21.4. The zero-order valence-corrected chi connectivity index (χ0v) is 37.5. The molecule has 1 rings (SSSR count). The number of carbonyl (C=O) groups excluding carboxylic acids is 5. The van der Waals surface area contributed by atoms with Crippen molar-refractivity contribution in [2.75, 3.05) is 185 Å². The molecule has 0 saturated heterocycles. The van der Waals surface area contributed by atoms with E-state index in [-0.39, 0.29) is 32.8 Å². The van der Waals surface area contributed by atoms with Crippen LogP contribution in [0, 0.1) is 0 Å². The Morgan fingerprint density at radius 3 is 1.20 bits per heavy atom. The van der Waals surface area contributed by atoms with Crippen LogP contribution < -0.4 is 32.1 Å². The number of aromatic nitrogens is 3. The van der Waals surface area contributed by atoms with Crippen molar-refractivity contribution in [3.63, 3.8) is 0 Å². The van der Waals surface area contributed by atoms with Crippen LogP contribution in [0.2, 0.25) is 0 Å². The molecule has 27 heteroatoms. The zero-order valence-electron chi connectivity index (χ0n) is 37.5. The topological polar surface area (TPSA) is 319 Å². The molecule has 0 unspecified atom stereocenters. The van der Waals surface area contributed by atoms with E-state index >= 15 is 0 Å². The highest BCUT2D eigenvalue weighted by atomic mass is 16.6. The maximum Gasteiger partial charge on any atom is 0.407 e. The molecule has 0 atom stereocenters. The molecule has 0 spiro atoms. The maximum atomic E-state index is 12.0. The first kappa shape index (κ1) is 58.8. The van der Waals surface area contributed by atoms with E-state index in [0.29, 0.717) is 158 Å². The zero-order chi connectivity index (χ0) is 47.1. The molecule has 27 nitrogen and oxygen atoms in total. The van der Waals surface area contributed by atoms with Crippen LogP contribution in [-0.4, -0.2) is 235 Å². The highest BCUT2D eigenvalue weighted by molar-refractivity contribution is 5.90. The fourth-order valence-electron chi connectivity index (χ4n) is 4.43. The van der Waals surface area contributed by atoms with Crippen LogP contribution in [0.4, 0.5) is 4.79 Å². The molecule has 7 N–H and O–H groups in total. The monoisotopic (exact) mass is 941 g/mol. The Morgan fingerprint density at radius 2 is 0.815 bits per heavy atom. The van der Waals surface area contributed by atoms with Crippen LogP contribution in [0.25, 0.3) is 0 Å². The predicted molar refractivity (Wildman–Crippen MR) is 225 cm³/mol. The van der Waals surface area contributed by atoms with Gasteiger partial charge in [-0.3, -0.25) is 19.2 Å². The molecule has 0 fully saturated rings. The Morgan fingerprint density at radius 1 is 0.477 bits per heavy atom. The van der Waals surface area contributed by atoms with Crippen molar-refractivity contribution in [2.24, 2.45) is 0 Å². The van der Waals surface area contributed by atoms with E-state index in [2.05, 4.69) is 36.9 Å². The van der Waals surface area contributed by atoms with E-state index in [9.17, 15) is 24.0 Å². The molecule has 1 heterocycles. The lowest BCUT2D eigenvalue weighted by atomic mass is 10.4.